The SMILES string of the molecule is OCC(CN1CCOCC1)c1ccccc1Br. The normalized spacial score (nSPS) is 19.2. The lowest BCUT2D eigenvalue weighted by atomic mass is 9.99. The number of morpholine rings is 1. The Bertz CT molecular complexity index is 353. The fraction of sp³-hybridized carbons (Fsp3) is 0.538. The molecule has 1 N–H and O–H groups in total. The van der Waals surface area contributed by atoms with Crippen LogP contribution in [0.5, 0.6) is 0 Å². The molecule has 1 aliphatic heterocycles. The molecular weight excluding hydrogens is 282 g/mol. The van der Waals surface area contributed by atoms with E-state index in [4.69, 9.17) is 4.74 Å². The van der Waals surface area contributed by atoms with E-state index in [1.54, 1.807) is 0 Å². The fourth-order valence-corrected chi connectivity index (χ4v) is 2.76. The number of nitrogens with zero attached hydrogens (tertiary/aromatic N) is 1. The Morgan fingerprint density at radius 1 is 1.29 bits per heavy atom. The van der Waals surface area contributed by atoms with Crippen molar-refractivity contribution in [3.05, 3.63) is 34.3 Å². The molecular formula is C13H18BrNO2. The average Bonchev–Trinajstić information content (AvgIpc) is 2.38. The summed E-state index contributed by atoms with van der Waals surface area (Å²) >= 11 is 3.55. The van der Waals surface area contributed by atoms with Crippen LogP contribution < -0.4 is 0 Å². The van der Waals surface area contributed by atoms with Crippen LogP contribution >= 0.6 is 15.9 Å². The van der Waals surface area contributed by atoms with Crippen LogP contribution in [-0.2, 0) is 4.74 Å². The Kier molecular flexibility index (Phi) is 4.98. The van der Waals surface area contributed by atoms with Gasteiger partial charge < -0.3 is 9.84 Å². The quantitative estimate of drug-likeness (QED) is 0.921. The Balaban J connectivity index is 2.03. The van der Waals surface area contributed by atoms with E-state index in [0.29, 0.717) is 0 Å². The van der Waals surface area contributed by atoms with Crippen LogP contribution in [0, 0.1) is 0 Å². The lowest BCUT2D eigenvalue weighted by Gasteiger charge is -2.30. The molecule has 2 rings (SSSR count). The predicted octanol–water partition coefficient (Wildman–Crippen LogP) is 1.86. The first-order valence-corrected chi connectivity index (χ1v) is 6.76. The van der Waals surface area contributed by atoms with Gasteiger partial charge in [0, 0.05) is 30.0 Å². The highest BCUT2D eigenvalue weighted by Gasteiger charge is 2.19. The smallest absolute Gasteiger partial charge is 0.0594 e. The molecule has 0 amide bonds. The van der Waals surface area contributed by atoms with E-state index in [9.17, 15) is 5.11 Å². The summed E-state index contributed by atoms with van der Waals surface area (Å²) in [4.78, 5) is 2.35. The average molecular weight is 300 g/mol. The fourth-order valence-electron chi connectivity index (χ4n) is 2.16. The van der Waals surface area contributed by atoms with Gasteiger partial charge in [0.15, 0.2) is 0 Å². The van der Waals surface area contributed by atoms with Crippen molar-refractivity contribution >= 4 is 15.9 Å². The second-order valence-corrected chi connectivity index (χ2v) is 5.17. The minimum Gasteiger partial charge on any atom is -0.396 e. The molecule has 94 valence electrons. The van der Waals surface area contributed by atoms with Crippen LogP contribution in [0.4, 0.5) is 0 Å². The number of aliphatic hydroxyl groups is 1. The van der Waals surface area contributed by atoms with Crippen LogP contribution in [0.2, 0.25) is 0 Å². The minimum absolute atomic E-state index is 0.170. The topological polar surface area (TPSA) is 32.7 Å². The van der Waals surface area contributed by atoms with Gasteiger partial charge >= 0.3 is 0 Å². The third-order valence-corrected chi connectivity index (χ3v) is 3.87. The van der Waals surface area contributed by atoms with Crippen LogP contribution in [0.15, 0.2) is 28.7 Å². The van der Waals surface area contributed by atoms with Crippen molar-refractivity contribution in [3.63, 3.8) is 0 Å². The lowest BCUT2D eigenvalue weighted by Crippen LogP contribution is -2.39. The summed E-state index contributed by atoms with van der Waals surface area (Å²) in [5.41, 5.74) is 1.18. The molecule has 1 saturated heterocycles. The molecule has 1 atom stereocenters. The van der Waals surface area contributed by atoms with Crippen LogP contribution in [0.1, 0.15) is 11.5 Å². The maximum Gasteiger partial charge on any atom is 0.0594 e. The standard InChI is InChI=1S/C13H18BrNO2/c14-13-4-2-1-3-12(13)11(10-16)9-15-5-7-17-8-6-15/h1-4,11,16H,5-10H2. The summed E-state index contributed by atoms with van der Waals surface area (Å²) < 4.78 is 6.41. The monoisotopic (exact) mass is 299 g/mol. The highest BCUT2D eigenvalue weighted by Crippen LogP contribution is 2.25. The highest BCUT2D eigenvalue weighted by molar-refractivity contribution is 9.10. The van der Waals surface area contributed by atoms with Crippen molar-refractivity contribution in [1.82, 2.24) is 4.90 Å². The third kappa shape index (κ3) is 3.52. The summed E-state index contributed by atoms with van der Waals surface area (Å²) in [6, 6.07) is 8.11. The predicted molar refractivity (Wildman–Crippen MR) is 71.2 cm³/mol. The van der Waals surface area contributed by atoms with E-state index in [2.05, 4.69) is 26.9 Å². The number of aliphatic hydroxyl groups excluding tert-OH is 1. The number of halogens is 1. The van der Waals surface area contributed by atoms with E-state index in [1.165, 1.54) is 5.56 Å². The molecule has 0 spiro atoms. The molecule has 0 saturated carbocycles. The van der Waals surface area contributed by atoms with Crippen LogP contribution in [-0.4, -0.2) is 49.5 Å². The van der Waals surface area contributed by atoms with Crippen molar-refractivity contribution < 1.29 is 9.84 Å². The van der Waals surface area contributed by atoms with Gasteiger partial charge in [0.2, 0.25) is 0 Å². The molecule has 3 nitrogen and oxygen atoms in total. The molecule has 1 aromatic carbocycles. The maximum absolute atomic E-state index is 9.56. The van der Waals surface area contributed by atoms with Crippen molar-refractivity contribution in [2.75, 3.05) is 39.5 Å². The largest absolute Gasteiger partial charge is 0.396 e. The second kappa shape index (κ2) is 6.50. The number of benzene rings is 1. The number of ether oxygens (including phenoxy) is 1. The Morgan fingerprint density at radius 2 is 2.00 bits per heavy atom. The summed E-state index contributed by atoms with van der Waals surface area (Å²) in [6.45, 7) is 4.59. The summed E-state index contributed by atoms with van der Waals surface area (Å²) in [5.74, 6) is 0.170. The molecule has 1 heterocycles. The summed E-state index contributed by atoms with van der Waals surface area (Å²) in [7, 11) is 0. The minimum atomic E-state index is 0.170. The van der Waals surface area contributed by atoms with Gasteiger partial charge in [-0.3, -0.25) is 4.90 Å². The molecule has 0 aliphatic carbocycles. The van der Waals surface area contributed by atoms with Crippen molar-refractivity contribution in [3.8, 4) is 0 Å². The molecule has 0 radical (unpaired) electrons. The van der Waals surface area contributed by atoms with Gasteiger partial charge in [0.1, 0.15) is 0 Å². The zero-order chi connectivity index (χ0) is 12.1. The molecule has 0 aromatic heterocycles. The maximum atomic E-state index is 9.56. The van der Waals surface area contributed by atoms with Gasteiger partial charge in [0.05, 0.1) is 19.8 Å². The van der Waals surface area contributed by atoms with Crippen molar-refractivity contribution in [2.45, 2.75) is 5.92 Å². The zero-order valence-electron chi connectivity index (χ0n) is 9.81. The van der Waals surface area contributed by atoms with Crippen molar-refractivity contribution in [1.29, 1.82) is 0 Å². The molecule has 1 aliphatic rings. The lowest BCUT2D eigenvalue weighted by molar-refractivity contribution is 0.0319. The zero-order valence-corrected chi connectivity index (χ0v) is 11.4. The highest BCUT2D eigenvalue weighted by atomic mass is 79.9. The molecule has 1 fully saturated rings. The van der Waals surface area contributed by atoms with E-state index < -0.39 is 0 Å². The van der Waals surface area contributed by atoms with Gasteiger partial charge in [-0.25, -0.2) is 0 Å². The first-order chi connectivity index (χ1) is 8.31. The third-order valence-electron chi connectivity index (χ3n) is 3.15. The van der Waals surface area contributed by atoms with E-state index >= 15 is 0 Å². The Labute approximate surface area is 111 Å². The van der Waals surface area contributed by atoms with E-state index in [-0.39, 0.29) is 12.5 Å². The van der Waals surface area contributed by atoms with Gasteiger partial charge in [-0.2, -0.15) is 0 Å². The molecule has 1 aromatic rings. The van der Waals surface area contributed by atoms with Crippen LogP contribution in [0.25, 0.3) is 0 Å². The van der Waals surface area contributed by atoms with Gasteiger partial charge in [-0.15, -0.1) is 0 Å². The van der Waals surface area contributed by atoms with E-state index in [0.717, 1.165) is 37.3 Å². The number of hydrogen-bond acceptors (Lipinski definition) is 3. The number of rotatable bonds is 4. The van der Waals surface area contributed by atoms with Gasteiger partial charge in [-0.1, -0.05) is 34.1 Å². The molecule has 4 heteroatoms. The van der Waals surface area contributed by atoms with E-state index in [1.807, 2.05) is 18.2 Å². The van der Waals surface area contributed by atoms with Crippen LogP contribution in [0.3, 0.4) is 0 Å². The Morgan fingerprint density at radius 3 is 2.65 bits per heavy atom. The summed E-state index contributed by atoms with van der Waals surface area (Å²) in [5, 5.41) is 9.56. The second-order valence-electron chi connectivity index (χ2n) is 4.31. The molecule has 1 unspecified atom stereocenters. The molecule has 17 heavy (non-hydrogen) atoms. The first kappa shape index (κ1) is 13.0. The Hall–Kier alpha value is -0.420. The van der Waals surface area contributed by atoms with Gasteiger partial charge in [-0.05, 0) is 11.6 Å². The first-order valence-electron chi connectivity index (χ1n) is 5.96. The summed E-state index contributed by atoms with van der Waals surface area (Å²) in [6.07, 6.45) is 0. The number of hydrogen-bond donors (Lipinski definition) is 1. The molecule has 0 bridgehead atoms. The van der Waals surface area contributed by atoms with Crippen molar-refractivity contribution in [2.24, 2.45) is 0 Å². The van der Waals surface area contributed by atoms with Gasteiger partial charge in [0.25, 0.3) is 0 Å².